The monoisotopic (exact) mass is 642 g/mol. The second-order valence-electron chi connectivity index (χ2n) is 12.0. The van der Waals surface area contributed by atoms with Crippen LogP contribution in [-0.4, -0.2) is 48.2 Å². The van der Waals surface area contributed by atoms with Crippen LogP contribution < -0.4 is 9.62 Å². The number of carbonyl (C=O) groups excluding carboxylic acids is 2. The molecule has 0 aromatic heterocycles. The van der Waals surface area contributed by atoms with Gasteiger partial charge in [0, 0.05) is 30.6 Å². The van der Waals surface area contributed by atoms with Crippen LogP contribution in [0.1, 0.15) is 37.5 Å². The third kappa shape index (κ3) is 8.57. The SMILES string of the molecule is Cc1ccccc1CN(C(=O)CN(c1ccc([N+](=O)[O-])cc1)S(=O)(=O)c1ccccc1)C(Cc1ccccc1)C(=O)NC(C)(C)C. The van der Waals surface area contributed by atoms with Crippen molar-refractivity contribution in [1.29, 1.82) is 0 Å². The van der Waals surface area contributed by atoms with E-state index < -0.39 is 39.0 Å². The van der Waals surface area contributed by atoms with Crippen molar-refractivity contribution in [2.75, 3.05) is 10.8 Å². The summed E-state index contributed by atoms with van der Waals surface area (Å²) in [6.07, 6.45) is 0.184. The van der Waals surface area contributed by atoms with Crippen LogP contribution in [0.2, 0.25) is 0 Å². The van der Waals surface area contributed by atoms with Gasteiger partial charge >= 0.3 is 0 Å². The molecular formula is C35H38N4O6S. The van der Waals surface area contributed by atoms with Crippen LogP contribution in [0, 0.1) is 17.0 Å². The van der Waals surface area contributed by atoms with Gasteiger partial charge in [-0.2, -0.15) is 0 Å². The summed E-state index contributed by atoms with van der Waals surface area (Å²) in [4.78, 5) is 40.6. The lowest BCUT2D eigenvalue weighted by Crippen LogP contribution is -2.56. The van der Waals surface area contributed by atoms with Crippen LogP contribution in [0.25, 0.3) is 0 Å². The number of carbonyl (C=O) groups is 2. The molecule has 46 heavy (non-hydrogen) atoms. The van der Waals surface area contributed by atoms with E-state index in [0.29, 0.717) is 0 Å². The second-order valence-corrected chi connectivity index (χ2v) is 13.9. The molecule has 1 N–H and O–H groups in total. The lowest BCUT2D eigenvalue weighted by molar-refractivity contribution is -0.384. The highest BCUT2D eigenvalue weighted by molar-refractivity contribution is 7.92. The lowest BCUT2D eigenvalue weighted by atomic mass is 10.00. The Morgan fingerprint density at radius 1 is 0.848 bits per heavy atom. The van der Waals surface area contributed by atoms with E-state index in [-0.39, 0.29) is 35.1 Å². The average Bonchev–Trinajstić information content (AvgIpc) is 3.02. The third-order valence-corrected chi connectivity index (χ3v) is 9.12. The van der Waals surface area contributed by atoms with Crippen molar-refractivity contribution >= 4 is 33.2 Å². The van der Waals surface area contributed by atoms with E-state index in [9.17, 15) is 28.1 Å². The predicted molar refractivity (Wildman–Crippen MR) is 178 cm³/mol. The minimum Gasteiger partial charge on any atom is -0.350 e. The van der Waals surface area contributed by atoms with Gasteiger partial charge in [-0.25, -0.2) is 8.42 Å². The molecule has 1 unspecified atom stereocenters. The number of hydrogen-bond acceptors (Lipinski definition) is 6. The molecule has 0 fully saturated rings. The number of sulfonamides is 1. The fourth-order valence-corrected chi connectivity index (χ4v) is 6.40. The topological polar surface area (TPSA) is 130 Å². The van der Waals surface area contributed by atoms with Gasteiger partial charge in [0.15, 0.2) is 0 Å². The number of nitrogens with one attached hydrogen (secondary N) is 1. The summed E-state index contributed by atoms with van der Waals surface area (Å²) in [7, 11) is -4.32. The maximum atomic E-state index is 14.5. The Kier molecular flexibility index (Phi) is 10.6. The summed E-state index contributed by atoms with van der Waals surface area (Å²) in [6, 6.07) is 28.4. The largest absolute Gasteiger partial charge is 0.350 e. The van der Waals surface area contributed by atoms with Crippen molar-refractivity contribution in [2.45, 2.75) is 57.1 Å². The summed E-state index contributed by atoms with van der Waals surface area (Å²) >= 11 is 0. The summed E-state index contributed by atoms with van der Waals surface area (Å²) in [5.41, 5.74) is 1.75. The van der Waals surface area contributed by atoms with E-state index in [1.54, 1.807) is 18.2 Å². The van der Waals surface area contributed by atoms with Crippen LogP contribution in [0.15, 0.2) is 114 Å². The van der Waals surface area contributed by atoms with Crippen molar-refractivity contribution in [2.24, 2.45) is 0 Å². The Morgan fingerprint density at radius 2 is 1.41 bits per heavy atom. The molecule has 4 aromatic carbocycles. The third-order valence-electron chi connectivity index (χ3n) is 7.33. The molecule has 2 amide bonds. The molecule has 0 spiro atoms. The smallest absolute Gasteiger partial charge is 0.269 e. The lowest BCUT2D eigenvalue weighted by Gasteiger charge is -2.35. The molecule has 0 radical (unpaired) electrons. The van der Waals surface area contributed by atoms with E-state index in [1.165, 1.54) is 41.3 Å². The van der Waals surface area contributed by atoms with Crippen LogP contribution in [-0.2, 0) is 32.6 Å². The molecular weight excluding hydrogens is 604 g/mol. The summed E-state index contributed by atoms with van der Waals surface area (Å²) in [5.74, 6) is -1.00. The molecule has 240 valence electrons. The maximum absolute atomic E-state index is 14.5. The highest BCUT2D eigenvalue weighted by Gasteiger charge is 2.36. The first kappa shape index (κ1) is 33.9. The zero-order chi connectivity index (χ0) is 33.5. The van der Waals surface area contributed by atoms with Gasteiger partial charge in [-0.15, -0.1) is 0 Å². The fraction of sp³-hybridized carbons (Fsp3) is 0.257. The van der Waals surface area contributed by atoms with E-state index in [0.717, 1.165) is 21.0 Å². The second kappa shape index (κ2) is 14.4. The maximum Gasteiger partial charge on any atom is 0.269 e. The molecule has 10 nitrogen and oxygen atoms in total. The van der Waals surface area contributed by atoms with E-state index in [1.807, 2.05) is 82.3 Å². The van der Waals surface area contributed by atoms with Crippen molar-refractivity contribution in [3.8, 4) is 0 Å². The normalized spacial score (nSPS) is 12.2. The number of anilines is 1. The highest BCUT2D eigenvalue weighted by atomic mass is 32.2. The molecule has 0 aliphatic carbocycles. The van der Waals surface area contributed by atoms with Gasteiger partial charge in [-0.1, -0.05) is 72.8 Å². The van der Waals surface area contributed by atoms with Crippen molar-refractivity contribution in [3.63, 3.8) is 0 Å². The fourth-order valence-electron chi connectivity index (χ4n) is 4.97. The van der Waals surface area contributed by atoms with E-state index in [2.05, 4.69) is 5.32 Å². The minimum atomic E-state index is -4.32. The van der Waals surface area contributed by atoms with Crippen LogP contribution in [0.5, 0.6) is 0 Å². The number of nitro groups is 1. The predicted octanol–water partition coefficient (Wildman–Crippen LogP) is 5.65. The number of non-ortho nitro benzene ring substituents is 1. The zero-order valence-corrected chi connectivity index (χ0v) is 27.1. The number of rotatable bonds is 12. The van der Waals surface area contributed by atoms with Crippen LogP contribution >= 0.6 is 0 Å². The Hall–Kier alpha value is -5.03. The number of benzene rings is 4. The van der Waals surface area contributed by atoms with Gasteiger partial charge in [-0.3, -0.25) is 24.0 Å². The number of nitro benzene ring substituents is 1. The Bertz CT molecular complexity index is 1770. The number of aryl methyl sites for hydroxylation is 1. The first-order valence-corrected chi connectivity index (χ1v) is 16.2. The Balaban J connectivity index is 1.83. The van der Waals surface area contributed by atoms with Crippen molar-refractivity contribution in [1.82, 2.24) is 10.2 Å². The summed E-state index contributed by atoms with van der Waals surface area (Å²) in [6.45, 7) is 6.83. The number of nitrogens with zero attached hydrogens (tertiary/aromatic N) is 3. The molecule has 0 aliphatic heterocycles. The van der Waals surface area contributed by atoms with Crippen molar-refractivity contribution in [3.05, 3.63) is 136 Å². The molecule has 11 heteroatoms. The standard InChI is InChI=1S/C35H38N4O6S/c1-26-13-11-12-16-28(26)24-37(32(34(41)36-35(2,3)4)23-27-14-7-5-8-15-27)33(40)25-38(29-19-21-30(22-20-29)39(42)43)46(44,45)31-17-9-6-10-18-31/h5-22,32H,23-25H2,1-4H3,(H,36,41). The van der Waals surface area contributed by atoms with Crippen LogP contribution in [0.4, 0.5) is 11.4 Å². The van der Waals surface area contributed by atoms with E-state index >= 15 is 0 Å². The van der Waals surface area contributed by atoms with Gasteiger partial charge in [0.05, 0.1) is 15.5 Å². The van der Waals surface area contributed by atoms with Crippen molar-refractivity contribution < 1.29 is 22.9 Å². The number of hydrogen-bond donors (Lipinski definition) is 1. The first-order chi connectivity index (χ1) is 21.8. The molecule has 4 rings (SSSR count). The zero-order valence-electron chi connectivity index (χ0n) is 26.3. The summed E-state index contributed by atoms with van der Waals surface area (Å²) in [5, 5.41) is 14.3. The molecule has 4 aromatic rings. The Labute approximate surface area is 269 Å². The highest BCUT2D eigenvalue weighted by Crippen LogP contribution is 2.27. The average molecular weight is 643 g/mol. The quantitative estimate of drug-likeness (QED) is 0.157. The first-order valence-electron chi connectivity index (χ1n) is 14.8. The molecule has 0 saturated heterocycles. The molecule has 0 heterocycles. The van der Waals surface area contributed by atoms with Crippen LogP contribution in [0.3, 0.4) is 0 Å². The molecule has 0 aliphatic rings. The molecule has 1 atom stereocenters. The molecule has 0 saturated carbocycles. The molecule has 0 bridgehead atoms. The van der Waals surface area contributed by atoms with Gasteiger partial charge in [0.25, 0.3) is 15.7 Å². The van der Waals surface area contributed by atoms with Gasteiger partial charge < -0.3 is 10.2 Å². The minimum absolute atomic E-state index is 0.0417. The summed E-state index contributed by atoms with van der Waals surface area (Å²) < 4.78 is 29.0. The van der Waals surface area contributed by atoms with Gasteiger partial charge in [0.1, 0.15) is 12.6 Å². The van der Waals surface area contributed by atoms with Gasteiger partial charge in [-0.05, 0) is 68.7 Å². The Morgan fingerprint density at radius 3 is 1.98 bits per heavy atom. The van der Waals surface area contributed by atoms with E-state index in [4.69, 9.17) is 0 Å². The van der Waals surface area contributed by atoms with Gasteiger partial charge in [0.2, 0.25) is 11.8 Å². The number of amides is 2.